The Hall–Kier alpha value is -3.54. The third kappa shape index (κ3) is 4.59. The van der Waals surface area contributed by atoms with Gasteiger partial charge in [0.1, 0.15) is 17.3 Å². The lowest BCUT2D eigenvalue weighted by Gasteiger charge is -2.12. The molecule has 0 radical (unpaired) electrons. The van der Waals surface area contributed by atoms with Gasteiger partial charge in [0.05, 0.1) is 19.9 Å². The summed E-state index contributed by atoms with van der Waals surface area (Å²) in [5, 5.41) is 6.13. The second-order valence-corrected chi connectivity index (χ2v) is 6.25. The number of ether oxygens (including phenoxy) is 2. The molecule has 0 fully saturated rings. The third-order valence-electron chi connectivity index (χ3n) is 4.28. The van der Waals surface area contributed by atoms with Crippen molar-refractivity contribution in [3.05, 3.63) is 77.5 Å². The molecule has 6 nitrogen and oxygen atoms in total. The summed E-state index contributed by atoms with van der Waals surface area (Å²) < 4.78 is 10.7. The van der Waals surface area contributed by atoms with Gasteiger partial charge in [-0.05, 0) is 42.8 Å². The van der Waals surface area contributed by atoms with Crippen LogP contribution in [0.5, 0.6) is 11.5 Å². The van der Waals surface area contributed by atoms with E-state index in [2.05, 4.69) is 15.6 Å². The molecule has 0 aliphatic heterocycles. The summed E-state index contributed by atoms with van der Waals surface area (Å²) in [4.78, 5) is 17.0. The monoisotopic (exact) mass is 377 g/mol. The highest BCUT2D eigenvalue weighted by Gasteiger charge is 2.11. The van der Waals surface area contributed by atoms with Crippen molar-refractivity contribution in [2.75, 3.05) is 24.9 Å². The maximum Gasteiger partial charge on any atom is 0.255 e. The first-order valence-electron chi connectivity index (χ1n) is 8.88. The van der Waals surface area contributed by atoms with E-state index in [1.54, 1.807) is 32.5 Å². The van der Waals surface area contributed by atoms with Crippen LogP contribution in [-0.2, 0) is 6.54 Å². The molecule has 0 spiro atoms. The number of aryl methyl sites for hydroxylation is 1. The number of benzene rings is 2. The molecule has 0 atom stereocenters. The molecule has 0 saturated carbocycles. The van der Waals surface area contributed by atoms with Crippen LogP contribution in [0.1, 0.15) is 21.5 Å². The number of hydrogen-bond donors (Lipinski definition) is 2. The first kappa shape index (κ1) is 19.2. The number of pyridine rings is 1. The molecule has 2 N–H and O–H groups in total. The Morgan fingerprint density at radius 1 is 1.00 bits per heavy atom. The predicted molar refractivity (Wildman–Crippen MR) is 110 cm³/mol. The molecule has 2 aromatic carbocycles. The quantitative estimate of drug-likeness (QED) is 0.643. The van der Waals surface area contributed by atoms with Crippen LogP contribution in [0.15, 0.2) is 60.8 Å². The largest absolute Gasteiger partial charge is 0.496 e. The number of para-hydroxylation sites is 1. The highest BCUT2D eigenvalue weighted by atomic mass is 16.5. The number of rotatable bonds is 7. The van der Waals surface area contributed by atoms with E-state index in [4.69, 9.17) is 9.47 Å². The van der Waals surface area contributed by atoms with Gasteiger partial charge in [0.2, 0.25) is 0 Å². The fraction of sp³-hybridized carbons (Fsp3) is 0.182. The molecule has 1 aromatic heterocycles. The number of aromatic nitrogens is 1. The van der Waals surface area contributed by atoms with E-state index in [1.807, 2.05) is 49.4 Å². The van der Waals surface area contributed by atoms with E-state index >= 15 is 0 Å². The van der Waals surface area contributed by atoms with Gasteiger partial charge < -0.3 is 20.1 Å². The van der Waals surface area contributed by atoms with E-state index < -0.39 is 0 Å². The maximum absolute atomic E-state index is 12.7. The number of nitrogens with one attached hydrogen (secondary N) is 2. The average Bonchev–Trinajstić information content (AvgIpc) is 2.73. The lowest BCUT2D eigenvalue weighted by atomic mass is 10.2. The van der Waals surface area contributed by atoms with E-state index in [0.29, 0.717) is 29.4 Å². The minimum atomic E-state index is -0.230. The number of methoxy groups -OCH3 is 2. The van der Waals surface area contributed by atoms with Gasteiger partial charge in [-0.3, -0.25) is 4.79 Å². The van der Waals surface area contributed by atoms with Gasteiger partial charge in [0.15, 0.2) is 0 Å². The fourth-order valence-electron chi connectivity index (χ4n) is 2.82. The fourth-order valence-corrected chi connectivity index (χ4v) is 2.82. The summed E-state index contributed by atoms with van der Waals surface area (Å²) in [7, 11) is 3.22. The first-order chi connectivity index (χ1) is 13.6. The maximum atomic E-state index is 12.7. The molecular weight excluding hydrogens is 354 g/mol. The van der Waals surface area contributed by atoms with Gasteiger partial charge in [-0.25, -0.2) is 4.98 Å². The molecule has 1 amide bonds. The molecule has 3 rings (SSSR count). The highest BCUT2D eigenvalue weighted by Crippen LogP contribution is 2.26. The Kier molecular flexibility index (Phi) is 6.11. The van der Waals surface area contributed by atoms with Crippen LogP contribution < -0.4 is 20.1 Å². The van der Waals surface area contributed by atoms with Crippen molar-refractivity contribution in [3.63, 3.8) is 0 Å². The molecule has 1 heterocycles. The van der Waals surface area contributed by atoms with Crippen molar-refractivity contribution in [2.45, 2.75) is 13.5 Å². The summed E-state index contributed by atoms with van der Waals surface area (Å²) in [6.07, 6.45) is 1.60. The van der Waals surface area contributed by atoms with E-state index in [0.717, 1.165) is 16.9 Å². The molecule has 0 bridgehead atoms. The molecule has 144 valence electrons. The van der Waals surface area contributed by atoms with Gasteiger partial charge >= 0.3 is 0 Å². The van der Waals surface area contributed by atoms with Crippen molar-refractivity contribution in [1.29, 1.82) is 0 Å². The SMILES string of the molecule is COc1ccccc1CNc1cc(C(=O)Nc2cc(C)ccc2OC)ccn1. The number of carbonyl (C=O) groups excluding carboxylic acids is 1. The lowest BCUT2D eigenvalue weighted by Crippen LogP contribution is -2.13. The third-order valence-corrected chi connectivity index (χ3v) is 4.28. The Bertz CT molecular complexity index is 973. The molecule has 6 heteroatoms. The van der Waals surface area contributed by atoms with E-state index in [-0.39, 0.29) is 5.91 Å². The van der Waals surface area contributed by atoms with Gasteiger partial charge in [0.25, 0.3) is 5.91 Å². The standard InChI is InChI=1S/C22H23N3O3/c1-15-8-9-20(28-3)18(12-15)25-22(26)16-10-11-23-21(13-16)24-14-17-6-4-5-7-19(17)27-2/h4-13H,14H2,1-3H3,(H,23,24)(H,25,26). The second-order valence-electron chi connectivity index (χ2n) is 6.25. The van der Waals surface area contributed by atoms with Crippen LogP contribution in [0, 0.1) is 6.92 Å². The average molecular weight is 377 g/mol. The predicted octanol–water partition coefficient (Wildman–Crippen LogP) is 4.27. The van der Waals surface area contributed by atoms with Crippen molar-refractivity contribution < 1.29 is 14.3 Å². The molecular formula is C22H23N3O3. The number of nitrogens with zero attached hydrogens (tertiary/aromatic N) is 1. The van der Waals surface area contributed by atoms with Gasteiger partial charge in [-0.15, -0.1) is 0 Å². The van der Waals surface area contributed by atoms with Crippen LogP contribution in [0.2, 0.25) is 0 Å². The van der Waals surface area contributed by atoms with Gasteiger partial charge in [-0.2, -0.15) is 0 Å². The molecule has 0 aliphatic rings. The van der Waals surface area contributed by atoms with Gasteiger partial charge in [0, 0.05) is 23.9 Å². The van der Waals surface area contributed by atoms with Gasteiger partial charge in [-0.1, -0.05) is 24.3 Å². The normalized spacial score (nSPS) is 10.2. The smallest absolute Gasteiger partial charge is 0.255 e. The zero-order valence-electron chi connectivity index (χ0n) is 16.2. The number of hydrogen-bond acceptors (Lipinski definition) is 5. The highest BCUT2D eigenvalue weighted by molar-refractivity contribution is 6.05. The summed E-state index contributed by atoms with van der Waals surface area (Å²) in [6, 6.07) is 16.8. The van der Waals surface area contributed by atoms with Crippen molar-refractivity contribution in [1.82, 2.24) is 4.98 Å². The zero-order chi connectivity index (χ0) is 19.9. The first-order valence-corrected chi connectivity index (χ1v) is 8.88. The number of carbonyl (C=O) groups is 1. The van der Waals surface area contributed by atoms with Crippen LogP contribution >= 0.6 is 0 Å². The Labute approximate surface area is 164 Å². The Morgan fingerprint density at radius 2 is 1.79 bits per heavy atom. The van der Waals surface area contributed by atoms with Crippen molar-refractivity contribution in [3.8, 4) is 11.5 Å². The van der Waals surface area contributed by atoms with Crippen LogP contribution in [0.25, 0.3) is 0 Å². The topological polar surface area (TPSA) is 72.5 Å². The van der Waals surface area contributed by atoms with Crippen LogP contribution in [0.3, 0.4) is 0 Å². The summed E-state index contributed by atoms with van der Waals surface area (Å²) in [6.45, 7) is 2.50. The molecule has 0 aliphatic carbocycles. The molecule has 3 aromatic rings. The van der Waals surface area contributed by atoms with E-state index in [1.165, 1.54) is 0 Å². The Balaban J connectivity index is 1.72. The lowest BCUT2D eigenvalue weighted by molar-refractivity contribution is 0.102. The Morgan fingerprint density at radius 3 is 2.57 bits per heavy atom. The number of anilines is 2. The summed E-state index contributed by atoms with van der Waals surface area (Å²) in [5.41, 5.74) is 3.17. The molecule has 0 unspecified atom stereocenters. The molecule has 28 heavy (non-hydrogen) atoms. The summed E-state index contributed by atoms with van der Waals surface area (Å²) in [5.74, 6) is 1.79. The summed E-state index contributed by atoms with van der Waals surface area (Å²) >= 11 is 0. The minimum Gasteiger partial charge on any atom is -0.496 e. The zero-order valence-corrected chi connectivity index (χ0v) is 16.2. The van der Waals surface area contributed by atoms with Crippen molar-refractivity contribution >= 4 is 17.4 Å². The van der Waals surface area contributed by atoms with Crippen LogP contribution in [0.4, 0.5) is 11.5 Å². The van der Waals surface area contributed by atoms with Crippen LogP contribution in [-0.4, -0.2) is 25.1 Å². The van der Waals surface area contributed by atoms with E-state index in [9.17, 15) is 4.79 Å². The number of amides is 1. The second kappa shape index (κ2) is 8.90. The minimum absolute atomic E-state index is 0.230. The molecule has 0 saturated heterocycles. The van der Waals surface area contributed by atoms with Crippen molar-refractivity contribution in [2.24, 2.45) is 0 Å².